The van der Waals surface area contributed by atoms with E-state index in [2.05, 4.69) is 40.9 Å². The number of rotatable bonds is 9. The quantitative estimate of drug-likeness (QED) is 0.329. The molecule has 1 aliphatic heterocycles. The van der Waals surface area contributed by atoms with Crippen LogP contribution in [0.2, 0.25) is 0 Å². The molecule has 6 nitrogen and oxygen atoms in total. The van der Waals surface area contributed by atoms with Crippen LogP contribution in [0.3, 0.4) is 0 Å². The average molecular weight is 326 g/mol. The molecule has 134 valence electrons. The lowest BCUT2D eigenvalue weighted by molar-refractivity contribution is -0.107. The van der Waals surface area contributed by atoms with Crippen LogP contribution in [0.15, 0.2) is 12.3 Å². The molecule has 0 saturated carbocycles. The van der Waals surface area contributed by atoms with Crippen molar-refractivity contribution in [2.75, 3.05) is 59.0 Å². The summed E-state index contributed by atoms with van der Waals surface area (Å²) in [6.07, 6.45) is 2.07. The Kier molecular flexibility index (Phi) is 10.1. The molecule has 0 bridgehead atoms. The second-order valence-corrected chi connectivity index (χ2v) is 6.90. The lowest BCUT2D eigenvalue weighted by atomic mass is 9.96. The predicted molar refractivity (Wildman–Crippen MR) is 94.5 cm³/mol. The molecule has 1 rings (SSSR count). The Balaban J connectivity index is 2.60. The van der Waals surface area contributed by atoms with Gasteiger partial charge in [0.05, 0.1) is 18.8 Å². The summed E-state index contributed by atoms with van der Waals surface area (Å²) in [5.74, 6) is 1.46. The van der Waals surface area contributed by atoms with Gasteiger partial charge in [0.2, 0.25) is 0 Å². The van der Waals surface area contributed by atoms with Gasteiger partial charge < -0.3 is 20.5 Å². The maximum absolute atomic E-state index is 10.4. The molecule has 1 atom stereocenters. The first-order valence-electron chi connectivity index (χ1n) is 8.67. The van der Waals surface area contributed by atoms with E-state index in [0.29, 0.717) is 24.9 Å². The first-order chi connectivity index (χ1) is 11.0. The van der Waals surface area contributed by atoms with Gasteiger partial charge in [-0.1, -0.05) is 20.4 Å². The Hall–Kier alpha value is -0.950. The van der Waals surface area contributed by atoms with Crippen LogP contribution in [0, 0.1) is 11.8 Å². The Morgan fingerprint density at radius 1 is 1.43 bits per heavy atom. The maximum Gasteiger partial charge on any atom is 0.133 e. The number of aldehydes is 1. The largest absolute Gasteiger partial charge is 0.512 e. The molecule has 6 heteroatoms. The van der Waals surface area contributed by atoms with E-state index >= 15 is 0 Å². The first-order valence-corrected chi connectivity index (χ1v) is 8.67. The van der Waals surface area contributed by atoms with Crippen LogP contribution in [-0.2, 0) is 4.79 Å². The predicted octanol–water partition coefficient (Wildman–Crippen LogP) is 0.674. The topological polar surface area (TPSA) is 67.8 Å². The van der Waals surface area contributed by atoms with Gasteiger partial charge in [-0.25, -0.2) is 0 Å². The van der Waals surface area contributed by atoms with Crippen LogP contribution in [0.25, 0.3) is 0 Å². The highest BCUT2D eigenvalue weighted by atomic mass is 16.3. The third-order valence-electron chi connectivity index (χ3n) is 4.02. The van der Waals surface area contributed by atoms with Crippen molar-refractivity contribution in [3.8, 4) is 0 Å². The minimum absolute atomic E-state index is 0.238. The van der Waals surface area contributed by atoms with Gasteiger partial charge in [-0.3, -0.25) is 9.80 Å². The molecule has 1 fully saturated rings. The van der Waals surface area contributed by atoms with Crippen molar-refractivity contribution < 1.29 is 9.90 Å². The Labute approximate surface area is 140 Å². The minimum atomic E-state index is 0.238. The zero-order valence-electron chi connectivity index (χ0n) is 14.8. The molecule has 1 saturated heterocycles. The van der Waals surface area contributed by atoms with E-state index in [4.69, 9.17) is 0 Å². The van der Waals surface area contributed by atoms with Gasteiger partial charge in [0.15, 0.2) is 0 Å². The van der Waals surface area contributed by atoms with Crippen LogP contribution in [0.4, 0.5) is 0 Å². The number of carbonyl (C=O) groups excluding carboxylic acids is 1. The van der Waals surface area contributed by atoms with Crippen LogP contribution in [0.1, 0.15) is 20.3 Å². The molecule has 1 unspecified atom stereocenters. The molecule has 0 spiro atoms. The smallest absolute Gasteiger partial charge is 0.133 e. The fourth-order valence-electron chi connectivity index (χ4n) is 3.20. The molecule has 0 aliphatic carbocycles. The van der Waals surface area contributed by atoms with Crippen molar-refractivity contribution in [3.63, 3.8) is 0 Å². The average Bonchev–Trinajstić information content (AvgIpc) is 2.53. The van der Waals surface area contributed by atoms with Crippen LogP contribution in [-0.4, -0.2) is 80.2 Å². The van der Waals surface area contributed by atoms with E-state index < -0.39 is 0 Å². The molecule has 0 aromatic heterocycles. The van der Waals surface area contributed by atoms with E-state index in [9.17, 15) is 9.90 Å². The van der Waals surface area contributed by atoms with Crippen molar-refractivity contribution in [2.45, 2.75) is 20.3 Å². The summed E-state index contributed by atoms with van der Waals surface area (Å²) in [7, 11) is 0. The third-order valence-corrected chi connectivity index (χ3v) is 4.02. The summed E-state index contributed by atoms with van der Waals surface area (Å²) >= 11 is 0. The van der Waals surface area contributed by atoms with Crippen molar-refractivity contribution in [2.24, 2.45) is 11.8 Å². The molecule has 0 aromatic rings. The molecule has 0 amide bonds. The van der Waals surface area contributed by atoms with Crippen molar-refractivity contribution in [1.29, 1.82) is 0 Å². The maximum atomic E-state index is 10.4. The van der Waals surface area contributed by atoms with E-state index in [1.54, 1.807) is 0 Å². The standard InChI is InChI=1S/C17H34N4O2/c1-15(2)10-17-12-20(11-16(3)23)7-5-19-14-21(13-17)8-4-18-6-9-22/h9,15,17-19,23H,3-8,10-14H2,1-2H3. The lowest BCUT2D eigenvalue weighted by Crippen LogP contribution is -2.42. The zero-order valence-corrected chi connectivity index (χ0v) is 14.8. The molecule has 3 N–H and O–H groups in total. The van der Waals surface area contributed by atoms with Gasteiger partial charge in [-0.15, -0.1) is 0 Å². The second kappa shape index (κ2) is 11.6. The molecule has 1 heterocycles. The highest BCUT2D eigenvalue weighted by Gasteiger charge is 2.21. The summed E-state index contributed by atoms with van der Waals surface area (Å²) in [4.78, 5) is 15.1. The van der Waals surface area contributed by atoms with E-state index in [0.717, 1.165) is 52.2 Å². The van der Waals surface area contributed by atoms with E-state index in [1.807, 2.05) is 0 Å². The summed E-state index contributed by atoms with van der Waals surface area (Å²) in [5.41, 5.74) is 0. The Morgan fingerprint density at radius 2 is 2.17 bits per heavy atom. The minimum Gasteiger partial charge on any atom is -0.512 e. The van der Waals surface area contributed by atoms with Crippen molar-refractivity contribution in [1.82, 2.24) is 20.4 Å². The normalized spacial score (nSPS) is 21.6. The Morgan fingerprint density at radius 3 is 2.83 bits per heavy atom. The highest BCUT2D eigenvalue weighted by Crippen LogP contribution is 2.16. The zero-order chi connectivity index (χ0) is 17.1. The van der Waals surface area contributed by atoms with Gasteiger partial charge in [-0.2, -0.15) is 0 Å². The van der Waals surface area contributed by atoms with Crippen molar-refractivity contribution in [3.05, 3.63) is 12.3 Å². The second-order valence-electron chi connectivity index (χ2n) is 6.90. The molecular formula is C17H34N4O2. The third kappa shape index (κ3) is 9.71. The first kappa shape index (κ1) is 20.1. The summed E-state index contributed by atoms with van der Waals surface area (Å²) in [6.45, 7) is 15.6. The molecule has 0 aromatic carbocycles. The van der Waals surface area contributed by atoms with Crippen LogP contribution < -0.4 is 10.6 Å². The Bertz CT molecular complexity index is 349. The molecule has 1 aliphatic rings. The fourth-order valence-corrected chi connectivity index (χ4v) is 3.20. The SMILES string of the molecule is C=C(O)CN1CCNCN(CCNCC=O)CC(CC(C)C)C1. The van der Waals surface area contributed by atoms with Gasteiger partial charge in [0.25, 0.3) is 0 Å². The van der Waals surface area contributed by atoms with Gasteiger partial charge in [0.1, 0.15) is 6.29 Å². The summed E-state index contributed by atoms with van der Waals surface area (Å²) < 4.78 is 0. The number of nitrogens with one attached hydrogen (secondary N) is 2. The monoisotopic (exact) mass is 326 g/mol. The number of hydrogen-bond acceptors (Lipinski definition) is 6. The highest BCUT2D eigenvalue weighted by molar-refractivity contribution is 5.51. The van der Waals surface area contributed by atoms with Crippen LogP contribution >= 0.6 is 0 Å². The molecule has 0 radical (unpaired) electrons. The van der Waals surface area contributed by atoms with Crippen LogP contribution in [0.5, 0.6) is 0 Å². The number of aliphatic hydroxyl groups excluding tert-OH is 1. The summed E-state index contributed by atoms with van der Waals surface area (Å²) in [5, 5.41) is 16.1. The fraction of sp³-hybridized carbons (Fsp3) is 0.824. The molecule has 23 heavy (non-hydrogen) atoms. The van der Waals surface area contributed by atoms with Crippen molar-refractivity contribution >= 4 is 6.29 Å². The number of hydrogen-bond donors (Lipinski definition) is 3. The number of aliphatic hydroxyl groups is 1. The van der Waals surface area contributed by atoms with E-state index in [1.165, 1.54) is 6.42 Å². The van der Waals surface area contributed by atoms with E-state index in [-0.39, 0.29) is 5.76 Å². The van der Waals surface area contributed by atoms with Gasteiger partial charge in [0, 0.05) is 45.9 Å². The van der Waals surface area contributed by atoms with Gasteiger partial charge in [-0.05, 0) is 18.3 Å². The summed E-state index contributed by atoms with van der Waals surface area (Å²) in [6, 6.07) is 0. The van der Waals surface area contributed by atoms with Gasteiger partial charge >= 0.3 is 0 Å². The molecular weight excluding hydrogens is 292 g/mol. The number of carbonyl (C=O) groups is 1. The lowest BCUT2D eigenvalue weighted by Gasteiger charge is -2.30. The number of nitrogens with zero attached hydrogens (tertiary/aromatic N) is 2.